The van der Waals surface area contributed by atoms with Crippen molar-refractivity contribution in [1.82, 2.24) is 25.2 Å². The molecule has 1 aliphatic heterocycles. The molecule has 0 spiro atoms. The molecule has 0 atom stereocenters. The van der Waals surface area contributed by atoms with Crippen LogP contribution in [0.4, 0.5) is 4.79 Å². The molecule has 0 aliphatic carbocycles. The largest absolute Gasteiger partial charge is 0.444 e. The molecule has 1 aromatic rings. The summed E-state index contributed by atoms with van der Waals surface area (Å²) >= 11 is 0. The standard InChI is InChI=1S/C38H72N8O14/c1-38(2,3)60-37(47)46-8-6-45(7-9-46)10-13-59-34-36-35(41-44-42-36)4-11-48-14-16-50-18-20-52-22-24-54-26-28-56-30-32-58-33-31-57-29-27-55-25-23-53-21-19-51-17-15-49-12-5-40-43-39/h4-34H2,1-3H3,(H,41,42,44). The number of piperazine rings is 1. The van der Waals surface area contributed by atoms with Crippen LogP contribution in [0.15, 0.2) is 5.11 Å². The zero-order chi connectivity index (χ0) is 43.0. The van der Waals surface area contributed by atoms with Gasteiger partial charge in [0.2, 0.25) is 0 Å². The summed E-state index contributed by atoms with van der Waals surface area (Å²) in [5.74, 6) is 0. The Morgan fingerprint density at radius 3 is 1.40 bits per heavy atom. The second-order valence-corrected chi connectivity index (χ2v) is 14.0. The third-order valence-corrected chi connectivity index (χ3v) is 8.13. The highest BCUT2D eigenvalue weighted by molar-refractivity contribution is 5.68. The molecule has 1 aliphatic rings. The van der Waals surface area contributed by atoms with E-state index in [1.165, 1.54) is 0 Å². The average Bonchev–Trinajstić information content (AvgIpc) is 3.68. The number of rotatable bonds is 41. The molecule has 22 nitrogen and oxygen atoms in total. The number of carbonyl (C=O) groups is 1. The van der Waals surface area contributed by atoms with Crippen molar-refractivity contribution in [3.63, 3.8) is 0 Å². The van der Waals surface area contributed by atoms with E-state index < -0.39 is 5.60 Å². The van der Waals surface area contributed by atoms with Gasteiger partial charge in [-0.15, -0.1) is 5.10 Å². The first-order chi connectivity index (χ1) is 29.4. The zero-order valence-corrected chi connectivity index (χ0v) is 36.3. The van der Waals surface area contributed by atoms with Crippen molar-refractivity contribution < 1.29 is 66.4 Å². The van der Waals surface area contributed by atoms with Crippen LogP contribution in [-0.2, 0) is 74.6 Å². The van der Waals surface area contributed by atoms with Gasteiger partial charge in [0.25, 0.3) is 0 Å². The van der Waals surface area contributed by atoms with Gasteiger partial charge in [-0.25, -0.2) is 4.79 Å². The van der Waals surface area contributed by atoms with E-state index >= 15 is 0 Å². The van der Waals surface area contributed by atoms with Crippen molar-refractivity contribution in [3.8, 4) is 0 Å². The highest BCUT2D eigenvalue weighted by Gasteiger charge is 2.25. The van der Waals surface area contributed by atoms with E-state index in [1.54, 1.807) is 4.90 Å². The molecule has 1 N–H and O–H groups in total. The number of ether oxygens (including phenoxy) is 13. The zero-order valence-electron chi connectivity index (χ0n) is 36.3. The molecule has 1 saturated heterocycles. The van der Waals surface area contributed by atoms with Crippen LogP contribution < -0.4 is 0 Å². The Balaban J connectivity index is 1.22. The highest BCUT2D eigenvalue weighted by Crippen LogP contribution is 2.12. The summed E-state index contributed by atoms with van der Waals surface area (Å²) in [6.07, 6.45) is 0.392. The number of aromatic nitrogens is 3. The van der Waals surface area contributed by atoms with Crippen molar-refractivity contribution in [3.05, 3.63) is 21.8 Å². The smallest absolute Gasteiger partial charge is 0.410 e. The first-order valence-corrected chi connectivity index (χ1v) is 20.9. The third-order valence-electron chi connectivity index (χ3n) is 8.13. The lowest BCUT2D eigenvalue weighted by Crippen LogP contribution is -2.50. The second-order valence-electron chi connectivity index (χ2n) is 14.0. The van der Waals surface area contributed by atoms with Gasteiger partial charge in [0, 0.05) is 50.6 Å². The fourth-order valence-corrected chi connectivity index (χ4v) is 5.06. The van der Waals surface area contributed by atoms with Crippen molar-refractivity contribution in [2.45, 2.75) is 39.4 Å². The van der Waals surface area contributed by atoms with Gasteiger partial charge in [-0.05, 0) is 26.3 Å². The monoisotopic (exact) mass is 865 g/mol. The molecule has 60 heavy (non-hydrogen) atoms. The van der Waals surface area contributed by atoms with Crippen LogP contribution in [0, 0.1) is 0 Å². The van der Waals surface area contributed by atoms with Gasteiger partial charge in [0.1, 0.15) is 11.3 Å². The maximum atomic E-state index is 12.3. The minimum atomic E-state index is -0.488. The van der Waals surface area contributed by atoms with Gasteiger partial charge in [-0.2, -0.15) is 0 Å². The summed E-state index contributed by atoms with van der Waals surface area (Å²) in [5.41, 5.74) is 9.35. The SMILES string of the molecule is CC(C)(C)OC(=O)N1CCN(CCOCc2nn[nH]c2CCOCCOCCOCCOCCOCCOCCOCCOCCOCCOCCOCCN=[N+]=[N-])CC1. The Hall–Kier alpha value is -2.80. The second kappa shape index (κ2) is 37.9. The molecule has 22 heteroatoms. The van der Waals surface area contributed by atoms with Gasteiger partial charge >= 0.3 is 6.09 Å². The predicted molar refractivity (Wildman–Crippen MR) is 217 cm³/mol. The molecule has 1 fully saturated rings. The van der Waals surface area contributed by atoms with Gasteiger partial charge < -0.3 is 66.5 Å². The van der Waals surface area contributed by atoms with E-state index in [-0.39, 0.29) is 6.09 Å². The fraction of sp³-hybridized carbons (Fsp3) is 0.921. The van der Waals surface area contributed by atoms with Gasteiger partial charge in [-0.1, -0.05) is 10.3 Å². The number of nitrogens with one attached hydrogen (secondary N) is 1. The summed E-state index contributed by atoms with van der Waals surface area (Å²) in [7, 11) is 0. The van der Waals surface area contributed by atoms with Crippen molar-refractivity contribution in [1.29, 1.82) is 0 Å². The number of azide groups is 1. The minimum absolute atomic E-state index is 0.255. The van der Waals surface area contributed by atoms with Crippen LogP contribution in [0.5, 0.6) is 0 Å². The minimum Gasteiger partial charge on any atom is -0.444 e. The summed E-state index contributed by atoms with van der Waals surface area (Å²) < 4.78 is 71.6. The van der Waals surface area contributed by atoms with Gasteiger partial charge in [0.15, 0.2) is 0 Å². The predicted octanol–water partition coefficient (Wildman–Crippen LogP) is 1.91. The molecule has 0 saturated carbocycles. The maximum absolute atomic E-state index is 12.3. The number of carbonyl (C=O) groups excluding carboxylic acids is 1. The molecule has 2 rings (SSSR count). The van der Waals surface area contributed by atoms with Crippen LogP contribution >= 0.6 is 0 Å². The number of nitrogens with zero attached hydrogens (tertiary/aromatic N) is 7. The summed E-state index contributed by atoms with van der Waals surface area (Å²) in [6, 6.07) is 0. The molecule has 348 valence electrons. The molecule has 2 heterocycles. The maximum Gasteiger partial charge on any atom is 0.410 e. The molecular formula is C38H72N8O14. The number of hydrogen-bond donors (Lipinski definition) is 1. The number of hydrogen-bond acceptors (Lipinski definition) is 18. The van der Waals surface area contributed by atoms with Crippen molar-refractivity contribution in [2.24, 2.45) is 5.11 Å². The van der Waals surface area contributed by atoms with Crippen LogP contribution in [-0.4, -0.2) is 228 Å². The first-order valence-electron chi connectivity index (χ1n) is 20.9. The molecule has 1 amide bonds. The summed E-state index contributed by atoms with van der Waals surface area (Å²) in [5, 5.41) is 14.4. The number of H-pyrrole nitrogens is 1. The van der Waals surface area contributed by atoms with E-state index in [4.69, 9.17) is 67.1 Å². The highest BCUT2D eigenvalue weighted by atomic mass is 16.6. The van der Waals surface area contributed by atoms with E-state index in [1.807, 2.05) is 20.8 Å². The quantitative estimate of drug-likeness (QED) is 0.0429. The Morgan fingerprint density at radius 2 is 1.00 bits per heavy atom. The molecule has 1 aromatic heterocycles. The molecule has 0 radical (unpaired) electrons. The van der Waals surface area contributed by atoms with E-state index in [9.17, 15) is 4.79 Å². The summed E-state index contributed by atoms with van der Waals surface area (Å²) in [6.45, 7) is 21.0. The van der Waals surface area contributed by atoms with E-state index in [0.717, 1.165) is 31.0 Å². The lowest BCUT2D eigenvalue weighted by molar-refractivity contribution is -0.0274. The molecular weight excluding hydrogens is 792 g/mol. The van der Waals surface area contributed by atoms with Crippen LogP contribution in [0.25, 0.3) is 10.4 Å². The van der Waals surface area contributed by atoms with Gasteiger partial charge in [-0.3, -0.25) is 10.00 Å². The number of amides is 1. The normalized spacial score (nSPS) is 13.6. The van der Waals surface area contributed by atoms with Crippen molar-refractivity contribution in [2.75, 3.05) is 191 Å². The Kier molecular flexibility index (Phi) is 33.7. The molecule has 0 aromatic carbocycles. The van der Waals surface area contributed by atoms with E-state index in [2.05, 4.69) is 30.3 Å². The van der Waals surface area contributed by atoms with Crippen LogP contribution in [0.2, 0.25) is 0 Å². The Morgan fingerprint density at radius 1 is 0.600 bits per heavy atom. The van der Waals surface area contributed by atoms with Crippen LogP contribution in [0.3, 0.4) is 0 Å². The third kappa shape index (κ3) is 32.0. The summed E-state index contributed by atoms with van der Waals surface area (Å²) in [4.78, 5) is 18.9. The lowest BCUT2D eigenvalue weighted by atomic mass is 10.2. The Bertz CT molecular complexity index is 1190. The lowest BCUT2D eigenvalue weighted by Gasteiger charge is -2.35. The first kappa shape index (κ1) is 53.3. The van der Waals surface area contributed by atoms with Gasteiger partial charge in [0.05, 0.1) is 164 Å². The Labute approximate surface area is 354 Å². The number of aromatic amines is 1. The topological polar surface area (TPSA) is 234 Å². The van der Waals surface area contributed by atoms with Crippen molar-refractivity contribution >= 4 is 6.09 Å². The average molecular weight is 865 g/mol. The molecule has 0 unspecified atom stereocenters. The fourth-order valence-electron chi connectivity index (χ4n) is 5.06. The van der Waals surface area contributed by atoms with Crippen LogP contribution in [0.1, 0.15) is 32.2 Å². The van der Waals surface area contributed by atoms with E-state index in [0.29, 0.717) is 185 Å². The molecule has 0 bridgehead atoms.